The molecule has 0 fully saturated rings. The molecule has 0 radical (unpaired) electrons. The highest BCUT2D eigenvalue weighted by Gasteiger charge is 2.07. The highest BCUT2D eigenvalue weighted by atomic mass is 35.5. The zero-order valence-electron chi connectivity index (χ0n) is 5.50. The van der Waals surface area contributed by atoms with Gasteiger partial charge in [0, 0.05) is 0 Å². The minimum atomic E-state index is 0.351. The van der Waals surface area contributed by atoms with E-state index in [2.05, 4.69) is 19.3 Å². The molecule has 0 spiro atoms. The van der Waals surface area contributed by atoms with Crippen LogP contribution in [-0.4, -0.2) is 15.2 Å². The van der Waals surface area contributed by atoms with Gasteiger partial charge in [-0.05, 0) is 6.92 Å². The molecule has 0 aliphatic rings. The fraction of sp³-hybridized carbons (Fsp3) is 0.250. The maximum absolute atomic E-state index is 7.80. The van der Waals surface area contributed by atoms with E-state index in [1.54, 1.807) is 6.92 Å². The van der Waals surface area contributed by atoms with Crippen LogP contribution in [0.25, 0.3) is 0 Å². The lowest BCUT2D eigenvalue weighted by molar-refractivity contribution is -0.432. The predicted molar refractivity (Wildman–Crippen MR) is 39.0 cm³/mol. The van der Waals surface area contributed by atoms with Gasteiger partial charge in [0.15, 0.2) is 5.03 Å². The lowest BCUT2D eigenvalue weighted by Crippen LogP contribution is -1.79. The second-order valence-corrected chi connectivity index (χ2v) is 2.73. The number of aromatic nitrogens is 2. The first-order valence-electron chi connectivity index (χ1n) is 2.61. The van der Waals surface area contributed by atoms with Crippen LogP contribution in [0, 0.1) is 6.92 Å². The van der Waals surface area contributed by atoms with E-state index in [4.69, 9.17) is 16.9 Å². The molecule has 0 aliphatic heterocycles. The first-order valence-corrected chi connectivity index (χ1v) is 3.73. The second kappa shape index (κ2) is 3.93. The molecular weight excluding hydrogens is 192 g/mol. The number of H-pyrrole nitrogens is 1. The summed E-state index contributed by atoms with van der Waals surface area (Å²) in [6.45, 7) is 1.75. The van der Waals surface area contributed by atoms with Crippen LogP contribution >= 0.6 is 23.6 Å². The number of halogens is 1. The van der Waals surface area contributed by atoms with Gasteiger partial charge in [0.05, 0.1) is 12.0 Å². The van der Waals surface area contributed by atoms with Crippen molar-refractivity contribution >= 4 is 23.6 Å². The summed E-state index contributed by atoms with van der Waals surface area (Å²) in [6.07, 6.45) is 0. The number of rotatable bonds is 3. The summed E-state index contributed by atoms with van der Waals surface area (Å²) in [4.78, 5) is 6.64. The summed E-state index contributed by atoms with van der Waals surface area (Å²) < 4.78 is 4.12. The molecule has 0 unspecified atom stereocenters. The van der Waals surface area contributed by atoms with Gasteiger partial charge in [-0.1, -0.05) is 16.6 Å². The van der Waals surface area contributed by atoms with Crippen molar-refractivity contribution in [1.82, 2.24) is 9.97 Å². The lowest BCUT2D eigenvalue weighted by Gasteiger charge is -1.90. The largest absolute Gasteiger partial charge is 0.332 e. The third kappa shape index (κ3) is 2.35. The Morgan fingerprint density at radius 1 is 1.73 bits per heavy atom. The van der Waals surface area contributed by atoms with Crippen LogP contribution in [-0.2, 0) is 9.37 Å². The van der Waals surface area contributed by atoms with Crippen LogP contribution in [0.5, 0.6) is 0 Å². The molecule has 1 heterocycles. The Kier molecular flexibility index (Phi) is 3.16. The van der Waals surface area contributed by atoms with E-state index in [9.17, 15) is 0 Å². The van der Waals surface area contributed by atoms with Gasteiger partial charge in [-0.15, -0.1) is 4.33 Å². The van der Waals surface area contributed by atoms with Crippen LogP contribution in [0.4, 0.5) is 0 Å². The van der Waals surface area contributed by atoms with E-state index in [-0.39, 0.29) is 0 Å². The summed E-state index contributed by atoms with van der Waals surface area (Å²) in [5.74, 6) is 0.666. The molecule has 0 amide bonds. The molecule has 62 valence electrons. The number of hydrogen-bond donors (Lipinski definition) is 2. The highest BCUT2D eigenvalue weighted by molar-refractivity contribution is 7.94. The van der Waals surface area contributed by atoms with E-state index in [0.29, 0.717) is 16.0 Å². The summed E-state index contributed by atoms with van der Waals surface area (Å²) in [5, 5.41) is 11.9. The standard InChI is InChI=1S/C4H5ClN2O3S/c1-2-6-3(5)4(7-2)11-10-9-8/h8H,1H3,(H,6,7). The number of imidazole rings is 1. The topological polar surface area (TPSA) is 67.4 Å². The molecule has 1 rings (SSSR count). The Morgan fingerprint density at radius 2 is 2.45 bits per heavy atom. The molecule has 1 aromatic heterocycles. The molecule has 1 aromatic rings. The quantitative estimate of drug-likeness (QED) is 0.438. The number of nitrogens with one attached hydrogen (secondary N) is 1. The van der Waals surface area contributed by atoms with E-state index >= 15 is 0 Å². The molecule has 0 aromatic carbocycles. The minimum absolute atomic E-state index is 0.351. The molecule has 2 N–H and O–H groups in total. The van der Waals surface area contributed by atoms with Gasteiger partial charge in [-0.25, -0.2) is 10.2 Å². The summed E-state index contributed by atoms with van der Waals surface area (Å²) in [5.41, 5.74) is 0. The number of aromatic amines is 1. The third-order valence-corrected chi connectivity index (χ3v) is 1.86. The van der Waals surface area contributed by atoms with Crippen LogP contribution in [0.2, 0.25) is 5.15 Å². The maximum Gasteiger partial charge on any atom is 0.164 e. The van der Waals surface area contributed by atoms with E-state index in [1.807, 2.05) is 0 Å². The summed E-state index contributed by atoms with van der Waals surface area (Å²) in [6, 6.07) is 0. The van der Waals surface area contributed by atoms with Crippen molar-refractivity contribution in [3.63, 3.8) is 0 Å². The van der Waals surface area contributed by atoms with Crippen molar-refractivity contribution in [3.8, 4) is 0 Å². The zero-order chi connectivity index (χ0) is 8.27. The molecule has 0 saturated carbocycles. The highest BCUT2D eigenvalue weighted by Crippen LogP contribution is 2.24. The maximum atomic E-state index is 7.80. The Hall–Kier alpha value is -0.270. The molecule has 0 bridgehead atoms. The Balaban J connectivity index is 2.62. The molecule has 5 nitrogen and oxygen atoms in total. The monoisotopic (exact) mass is 196 g/mol. The predicted octanol–water partition coefficient (Wildman–Crippen LogP) is 1.80. The van der Waals surface area contributed by atoms with Crippen LogP contribution in [0.15, 0.2) is 5.03 Å². The molecule has 0 aliphatic carbocycles. The molecule has 11 heavy (non-hydrogen) atoms. The Morgan fingerprint density at radius 3 is 2.91 bits per heavy atom. The van der Waals surface area contributed by atoms with Crippen molar-refractivity contribution in [2.24, 2.45) is 0 Å². The average Bonchev–Trinajstić information content (AvgIpc) is 2.26. The Bertz CT molecular complexity index is 241. The van der Waals surface area contributed by atoms with Crippen molar-refractivity contribution in [2.75, 3.05) is 0 Å². The number of nitrogens with zero attached hydrogens (tertiary/aromatic N) is 1. The van der Waals surface area contributed by atoms with Gasteiger partial charge >= 0.3 is 0 Å². The van der Waals surface area contributed by atoms with E-state index in [0.717, 1.165) is 12.0 Å². The van der Waals surface area contributed by atoms with Gasteiger partial charge in [0.2, 0.25) is 0 Å². The van der Waals surface area contributed by atoms with Crippen LogP contribution < -0.4 is 0 Å². The van der Waals surface area contributed by atoms with Crippen molar-refractivity contribution in [1.29, 1.82) is 0 Å². The summed E-state index contributed by atoms with van der Waals surface area (Å²) in [7, 11) is 0. The molecule has 0 atom stereocenters. The van der Waals surface area contributed by atoms with Crippen molar-refractivity contribution in [3.05, 3.63) is 11.0 Å². The smallest absolute Gasteiger partial charge is 0.164 e. The molecule has 7 heteroatoms. The Labute approximate surface area is 71.7 Å². The summed E-state index contributed by atoms with van der Waals surface area (Å²) >= 11 is 6.35. The fourth-order valence-corrected chi connectivity index (χ4v) is 1.21. The van der Waals surface area contributed by atoms with Gasteiger partial charge in [-0.3, -0.25) is 0 Å². The van der Waals surface area contributed by atoms with E-state index < -0.39 is 0 Å². The fourth-order valence-electron chi connectivity index (χ4n) is 0.544. The van der Waals surface area contributed by atoms with Crippen LogP contribution in [0.1, 0.15) is 5.82 Å². The van der Waals surface area contributed by atoms with Gasteiger partial charge in [0.1, 0.15) is 11.0 Å². The minimum Gasteiger partial charge on any atom is -0.332 e. The normalized spacial score (nSPS) is 10.5. The van der Waals surface area contributed by atoms with Gasteiger partial charge in [-0.2, -0.15) is 0 Å². The third-order valence-electron chi connectivity index (χ3n) is 0.891. The van der Waals surface area contributed by atoms with Crippen molar-refractivity contribution in [2.45, 2.75) is 11.9 Å². The van der Waals surface area contributed by atoms with E-state index in [1.165, 1.54) is 0 Å². The first kappa shape index (κ1) is 8.82. The molecule has 0 saturated heterocycles. The molecular formula is C4H5ClN2O3S. The van der Waals surface area contributed by atoms with Gasteiger partial charge in [0.25, 0.3) is 0 Å². The zero-order valence-corrected chi connectivity index (χ0v) is 7.07. The van der Waals surface area contributed by atoms with Gasteiger partial charge < -0.3 is 4.98 Å². The average molecular weight is 197 g/mol. The lowest BCUT2D eigenvalue weighted by atomic mass is 10.8. The SMILES string of the molecule is Cc1nc(SOOO)c(Cl)[nH]1. The second-order valence-electron chi connectivity index (χ2n) is 1.67. The first-order chi connectivity index (χ1) is 5.24. The number of hydrogen-bond acceptors (Lipinski definition) is 5. The number of aryl methyl sites for hydroxylation is 1. The van der Waals surface area contributed by atoms with Crippen molar-refractivity contribution < 1.29 is 14.6 Å². The van der Waals surface area contributed by atoms with Crippen LogP contribution in [0.3, 0.4) is 0 Å².